The standard InChI is InChI=1S/C18H20N2O/c1-3-17-15-12-8-9-13-16(15)18(21,4-2)20(19-17)14-10-6-5-7-11-14/h5-13,21H,3-4H2,1-2H3. The van der Waals surface area contributed by atoms with Crippen molar-refractivity contribution in [2.24, 2.45) is 5.10 Å². The summed E-state index contributed by atoms with van der Waals surface area (Å²) in [6.45, 7) is 4.08. The average Bonchev–Trinajstić information content (AvgIpc) is 2.56. The van der Waals surface area contributed by atoms with E-state index in [0.717, 1.165) is 28.9 Å². The quantitative estimate of drug-likeness (QED) is 0.926. The molecule has 1 aliphatic rings. The van der Waals surface area contributed by atoms with E-state index in [0.29, 0.717) is 6.42 Å². The lowest BCUT2D eigenvalue weighted by atomic mass is 9.89. The minimum Gasteiger partial charge on any atom is -0.365 e. The molecular weight excluding hydrogens is 260 g/mol. The molecule has 0 saturated heterocycles. The summed E-state index contributed by atoms with van der Waals surface area (Å²) in [6, 6.07) is 17.9. The third kappa shape index (κ3) is 2.14. The molecule has 108 valence electrons. The Morgan fingerprint density at radius 1 is 1.00 bits per heavy atom. The van der Waals surface area contributed by atoms with Gasteiger partial charge in [0, 0.05) is 11.1 Å². The number of fused-ring (bicyclic) bond motifs is 1. The Morgan fingerprint density at radius 3 is 2.33 bits per heavy atom. The van der Waals surface area contributed by atoms with Crippen LogP contribution in [0.5, 0.6) is 0 Å². The van der Waals surface area contributed by atoms with E-state index in [1.165, 1.54) is 0 Å². The van der Waals surface area contributed by atoms with Gasteiger partial charge in [0.15, 0.2) is 5.72 Å². The van der Waals surface area contributed by atoms with Gasteiger partial charge in [-0.2, -0.15) is 5.10 Å². The van der Waals surface area contributed by atoms with Gasteiger partial charge in [0.25, 0.3) is 0 Å². The van der Waals surface area contributed by atoms with Crippen LogP contribution >= 0.6 is 0 Å². The van der Waals surface area contributed by atoms with Crippen LogP contribution in [0.1, 0.15) is 37.8 Å². The molecular formula is C18H20N2O. The zero-order valence-corrected chi connectivity index (χ0v) is 12.5. The van der Waals surface area contributed by atoms with E-state index in [4.69, 9.17) is 5.10 Å². The van der Waals surface area contributed by atoms with E-state index in [1.54, 1.807) is 5.01 Å². The number of benzene rings is 2. The maximum Gasteiger partial charge on any atom is 0.185 e. The first-order valence-corrected chi connectivity index (χ1v) is 7.45. The molecule has 3 rings (SSSR count). The van der Waals surface area contributed by atoms with Crippen LogP contribution in [0.2, 0.25) is 0 Å². The smallest absolute Gasteiger partial charge is 0.185 e. The Kier molecular flexibility index (Phi) is 3.52. The van der Waals surface area contributed by atoms with Gasteiger partial charge in [-0.1, -0.05) is 56.3 Å². The second-order valence-electron chi connectivity index (χ2n) is 5.26. The van der Waals surface area contributed by atoms with E-state index in [1.807, 2.05) is 61.5 Å². The van der Waals surface area contributed by atoms with Crippen molar-refractivity contribution in [1.82, 2.24) is 0 Å². The second-order valence-corrected chi connectivity index (χ2v) is 5.26. The fraction of sp³-hybridized carbons (Fsp3) is 0.278. The van der Waals surface area contributed by atoms with Crippen molar-refractivity contribution in [2.75, 3.05) is 5.01 Å². The van der Waals surface area contributed by atoms with Gasteiger partial charge in [0.2, 0.25) is 0 Å². The monoisotopic (exact) mass is 280 g/mol. The fourth-order valence-electron chi connectivity index (χ4n) is 2.90. The van der Waals surface area contributed by atoms with Crippen LogP contribution in [0.3, 0.4) is 0 Å². The molecule has 0 aromatic heterocycles. The van der Waals surface area contributed by atoms with Crippen molar-refractivity contribution in [2.45, 2.75) is 32.4 Å². The Balaban J connectivity index is 2.22. The third-order valence-corrected chi connectivity index (χ3v) is 4.07. The van der Waals surface area contributed by atoms with Gasteiger partial charge in [-0.25, -0.2) is 5.01 Å². The largest absolute Gasteiger partial charge is 0.365 e. The van der Waals surface area contributed by atoms with Crippen molar-refractivity contribution in [3.05, 3.63) is 65.7 Å². The summed E-state index contributed by atoms with van der Waals surface area (Å²) < 4.78 is 0. The molecule has 1 heterocycles. The lowest BCUT2D eigenvalue weighted by Gasteiger charge is -2.42. The maximum absolute atomic E-state index is 11.3. The number of anilines is 1. The van der Waals surface area contributed by atoms with E-state index < -0.39 is 5.72 Å². The van der Waals surface area contributed by atoms with Crippen LogP contribution in [0.15, 0.2) is 59.7 Å². The number of nitrogens with zero attached hydrogens (tertiary/aromatic N) is 2. The molecule has 2 aromatic rings. The molecule has 0 aliphatic carbocycles. The van der Waals surface area contributed by atoms with E-state index in [9.17, 15) is 5.11 Å². The molecule has 1 N–H and O–H groups in total. The first kappa shape index (κ1) is 13.8. The molecule has 0 amide bonds. The molecule has 0 saturated carbocycles. The summed E-state index contributed by atoms with van der Waals surface area (Å²) in [5.41, 5.74) is 2.80. The number of aliphatic hydroxyl groups is 1. The molecule has 0 fully saturated rings. The van der Waals surface area contributed by atoms with Gasteiger partial charge in [0.05, 0.1) is 11.4 Å². The van der Waals surface area contributed by atoms with Crippen LogP contribution in [0, 0.1) is 0 Å². The van der Waals surface area contributed by atoms with Crippen LogP contribution in [-0.4, -0.2) is 10.8 Å². The number of hydrogen-bond donors (Lipinski definition) is 1. The highest BCUT2D eigenvalue weighted by Gasteiger charge is 2.40. The lowest BCUT2D eigenvalue weighted by Crippen LogP contribution is -2.47. The zero-order valence-electron chi connectivity index (χ0n) is 12.5. The second kappa shape index (κ2) is 5.34. The van der Waals surface area contributed by atoms with E-state index in [2.05, 4.69) is 6.92 Å². The number of hydrogen-bond acceptors (Lipinski definition) is 3. The first-order chi connectivity index (χ1) is 10.2. The SMILES string of the molecule is CCC1=NN(c2ccccc2)C(O)(CC)c2ccccc21. The van der Waals surface area contributed by atoms with Crippen LogP contribution in [0.25, 0.3) is 0 Å². The normalized spacial score (nSPS) is 20.9. The summed E-state index contributed by atoms with van der Waals surface area (Å²) in [5.74, 6) is 0. The highest BCUT2D eigenvalue weighted by Crippen LogP contribution is 2.39. The Labute approximate surface area is 125 Å². The minimum absolute atomic E-state index is 0.569. The van der Waals surface area contributed by atoms with Gasteiger partial charge in [-0.15, -0.1) is 0 Å². The Bertz CT molecular complexity index is 666. The average molecular weight is 280 g/mol. The van der Waals surface area contributed by atoms with Gasteiger partial charge in [-0.3, -0.25) is 0 Å². The van der Waals surface area contributed by atoms with Crippen molar-refractivity contribution in [3.8, 4) is 0 Å². The molecule has 1 unspecified atom stereocenters. The van der Waals surface area contributed by atoms with E-state index >= 15 is 0 Å². The third-order valence-electron chi connectivity index (χ3n) is 4.07. The van der Waals surface area contributed by atoms with Crippen LogP contribution in [-0.2, 0) is 5.72 Å². The van der Waals surface area contributed by atoms with Gasteiger partial charge in [-0.05, 0) is 25.0 Å². The molecule has 2 aromatic carbocycles. The first-order valence-electron chi connectivity index (χ1n) is 7.45. The maximum atomic E-state index is 11.3. The summed E-state index contributed by atoms with van der Waals surface area (Å²) in [4.78, 5) is 0. The van der Waals surface area contributed by atoms with E-state index in [-0.39, 0.29) is 0 Å². The van der Waals surface area contributed by atoms with Gasteiger partial charge < -0.3 is 5.11 Å². The number of hydrazone groups is 1. The number of rotatable bonds is 3. The highest BCUT2D eigenvalue weighted by atomic mass is 16.3. The Hall–Kier alpha value is -2.13. The van der Waals surface area contributed by atoms with Crippen molar-refractivity contribution in [3.63, 3.8) is 0 Å². The number of para-hydroxylation sites is 1. The molecule has 0 spiro atoms. The molecule has 1 atom stereocenters. The predicted octanol–water partition coefficient (Wildman–Crippen LogP) is 3.88. The molecule has 1 aliphatic heterocycles. The van der Waals surface area contributed by atoms with Crippen LogP contribution < -0.4 is 5.01 Å². The molecule has 0 radical (unpaired) electrons. The minimum atomic E-state index is -1.10. The van der Waals surface area contributed by atoms with Gasteiger partial charge in [0.1, 0.15) is 0 Å². The van der Waals surface area contributed by atoms with Crippen molar-refractivity contribution in [1.29, 1.82) is 0 Å². The van der Waals surface area contributed by atoms with Crippen molar-refractivity contribution >= 4 is 11.4 Å². The highest BCUT2D eigenvalue weighted by molar-refractivity contribution is 6.03. The summed E-state index contributed by atoms with van der Waals surface area (Å²) in [6.07, 6.45) is 1.40. The molecule has 3 heteroatoms. The lowest BCUT2D eigenvalue weighted by molar-refractivity contribution is 0.0267. The molecule has 3 nitrogen and oxygen atoms in total. The van der Waals surface area contributed by atoms with Crippen molar-refractivity contribution < 1.29 is 5.11 Å². The topological polar surface area (TPSA) is 35.8 Å². The summed E-state index contributed by atoms with van der Waals surface area (Å²) in [5, 5.41) is 17.8. The molecule has 0 bridgehead atoms. The summed E-state index contributed by atoms with van der Waals surface area (Å²) in [7, 11) is 0. The summed E-state index contributed by atoms with van der Waals surface area (Å²) >= 11 is 0. The van der Waals surface area contributed by atoms with Gasteiger partial charge >= 0.3 is 0 Å². The zero-order chi connectivity index (χ0) is 14.9. The predicted molar refractivity (Wildman–Crippen MR) is 86.4 cm³/mol. The molecule has 21 heavy (non-hydrogen) atoms. The van der Waals surface area contributed by atoms with Crippen LogP contribution in [0.4, 0.5) is 5.69 Å². The Morgan fingerprint density at radius 2 is 1.67 bits per heavy atom. The fourth-order valence-corrected chi connectivity index (χ4v) is 2.90.